The lowest BCUT2D eigenvalue weighted by molar-refractivity contribution is -0.137. The maximum atomic E-state index is 12.1. The summed E-state index contributed by atoms with van der Waals surface area (Å²) in [6.45, 7) is 1.16. The molecule has 0 unspecified atom stereocenters. The zero-order valence-corrected chi connectivity index (χ0v) is 10.6. The highest BCUT2D eigenvalue weighted by Gasteiger charge is 2.22. The van der Waals surface area contributed by atoms with Crippen molar-refractivity contribution in [3.63, 3.8) is 0 Å². The Labute approximate surface area is 111 Å². The predicted molar refractivity (Wildman–Crippen MR) is 67.1 cm³/mol. The maximum Gasteiger partial charge on any atom is 0.231 e. The minimum absolute atomic E-state index is 0.00749. The van der Waals surface area contributed by atoms with E-state index in [9.17, 15) is 9.59 Å². The number of fused-ring (bicyclic) bond motifs is 1. The Morgan fingerprint density at radius 1 is 1.26 bits per heavy atom. The van der Waals surface area contributed by atoms with E-state index in [-0.39, 0.29) is 25.0 Å². The molecule has 1 fully saturated rings. The molecule has 19 heavy (non-hydrogen) atoms. The Morgan fingerprint density at radius 3 is 2.95 bits per heavy atom. The predicted octanol–water partition coefficient (Wildman–Crippen LogP) is 1.15. The summed E-state index contributed by atoms with van der Waals surface area (Å²) < 4.78 is 10.5. The Hall–Kier alpha value is -2.04. The summed E-state index contributed by atoms with van der Waals surface area (Å²) in [6.07, 6.45) is 1.66. The van der Waals surface area contributed by atoms with Gasteiger partial charge >= 0.3 is 0 Å². The van der Waals surface area contributed by atoms with E-state index in [2.05, 4.69) is 0 Å². The molecule has 1 amide bonds. The van der Waals surface area contributed by atoms with E-state index in [4.69, 9.17) is 9.47 Å². The summed E-state index contributed by atoms with van der Waals surface area (Å²) in [7, 11) is 0. The molecule has 0 aliphatic carbocycles. The van der Waals surface area contributed by atoms with Crippen LogP contribution in [0.15, 0.2) is 18.2 Å². The van der Waals surface area contributed by atoms with Crippen molar-refractivity contribution in [1.82, 2.24) is 4.90 Å². The molecule has 0 bridgehead atoms. The fraction of sp³-hybridized carbons (Fsp3) is 0.429. The third kappa shape index (κ3) is 2.54. The van der Waals surface area contributed by atoms with Gasteiger partial charge in [0.2, 0.25) is 12.7 Å². The number of carbonyl (C=O) groups is 2. The average Bonchev–Trinajstić information content (AvgIpc) is 2.86. The maximum absolute atomic E-state index is 12.1. The lowest BCUT2D eigenvalue weighted by Gasteiger charge is -2.25. The Kier molecular flexibility index (Phi) is 3.11. The number of nitrogens with zero attached hydrogens (tertiary/aromatic N) is 1. The monoisotopic (exact) mass is 261 g/mol. The summed E-state index contributed by atoms with van der Waals surface area (Å²) in [4.78, 5) is 25.1. The van der Waals surface area contributed by atoms with Crippen LogP contribution in [-0.4, -0.2) is 36.5 Å². The fourth-order valence-corrected chi connectivity index (χ4v) is 2.39. The third-order valence-electron chi connectivity index (χ3n) is 3.40. The molecule has 0 atom stereocenters. The molecule has 3 rings (SSSR count). The standard InChI is InChI=1S/C14H15NO4/c16-11-2-1-5-15(8-11)14(17)7-10-3-4-12-13(6-10)19-9-18-12/h3-4,6H,1-2,5,7-9H2. The van der Waals surface area contributed by atoms with Gasteiger partial charge in [-0.2, -0.15) is 0 Å². The lowest BCUT2D eigenvalue weighted by Crippen LogP contribution is -2.40. The van der Waals surface area contributed by atoms with Crippen LogP contribution in [0, 0.1) is 0 Å². The quantitative estimate of drug-likeness (QED) is 0.801. The van der Waals surface area contributed by atoms with Gasteiger partial charge in [-0.25, -0.2) is 0 Å². The van der Waals surface area contributed by atoms with Crippen LogP contribution in [0.5, 0.6) is 11.5 Å². The zero-order valence-electron chi connectivity index (χ0n) is 10.6. The van der Waals surface area contributed by atoms with Crippen molar-refractivity contribution < 1.29 is 19.1 Å². The topological polar surface area (TPSA) is 55.8 Å². The number of benzene rings is 1. The molecule has 2 aliphatic heterocycles. The van der Waals surface area contributed by atoms with Crippen LogP contribution in [0.1, 0.15) is 18.4 Å². The highest BCUT2D eigenvalue weighted by atomic mass is 16.7. The highest BCUT2D eigenvalue weighted by Crippen LogP contribution is 2.32. The number of rotatable bonds is 2. The second kappa shape index (κ2) is 4.91. The summed E-state index contributed by atoms with van der Waals surface area (Å²) in [6, 6.07) is 5.50. The first-order valence-electron chi connectivity index (χ1n) is 6.40. The molecule has 1 aromatic rings. The number of hydrogen-bond acceptors (Lipinski definition) is 4. The average molecular weight is 261 g/mol. The number of piperidine rings is 1. The van der Waals surface area contributed by atoms with Crippen molar-refractivity contribution in [3.8, 4) is 11.5 Å². The molecule has 0 saturated carbocycles. The van der Waals surface area contributed by atoms with Gasteiger partial charge in [0.1, 0.15) is 0 Å². The van der Waals surface area contributed by atoms with Crippen LogP contribution in [0.25, 0.3) is 0 Å². The minimum atomic E-state index is -0.00749. The van der Waals surface area contributed by atoms with Gasteiger partial charge in [0, 0.05) is 13.0 Å². The van der Waals surface area contributed by atoms with Crippen LogP contribution in [0.2, 0.25) is 0 Å². The van der Waals surface area contributed by atoms with Crippen molar-refractivity contribution >= 4 is 11.7 Å². The van der Waals surface area contributed by atoms with Gasteiger partial charge in [0.15, 0.2) is 17.3 Å². The van der Waals surface area contributed by atoms with E-state index in [1.807, 2.05) is 18.2 Å². The van der Waals surface area contributed by atoms with Crippen molar-refractivity contribution in [2.75, 3.05) is 19.9 Å². The highest BCUT2D eigenvalue weighted by molar-refractivity contribution is 5.88. The van der Waals surface area contributed by atoms with Crippen molar-refractivity contribution in [2.45, 2.75) is 19.3 Å². The third-order valence-corrected chi connectivity index (χ3v) is 3.40. The molecule has 1 aromatic carbocycles. The van der Waals surface area contributed by atoms with Crippen LogP contribution in [0.4, 0.5) is 0 Å². The van der Waals surface area contributed by atoms with E-state index >= 15 is 0 Å². The number of carbonyl (C=O) groups excluding carboxylic acids is 2. The van der Waals surface area contributed by atoms with Gasteiger partial charge in [-0.05, 0) is 24.1 Å². The van der Waals surface area contributed by atoms with E-state index < -0.39 is 0 Å². The van der Waals surface area contributed by atoms with Gasteiger partial charge in [-0.3, -0.25) is 9.59 Å². The molecule has 0 N–H and O–H groups in total. The molecule has 0 spiro atoms. The number of ether oxygens (including phenoxy) is 2. The second-order valence-corrected chi connectivity index (χ2v) is 4.82. The first-order chi connectivity index (χ1) is 9.22. The molecule has 100 valence electrons. The molecule has 1 saturated heterocycles. The number of likely N-dealkylation sites (tertiary alicyclic amines) is 1. The van der Waals surface area contributed by atoms with E-state index in [0.717, 1.165) is 12.0 Å². The zero-order chi connectivity index (χ0) is 13.2. The molecule has 0 radical (unpaired) electrons. The van der Waals surface area contributed by atoms with Gasteiger partial charge in [-0.1, -0.05) is 6.07 Å². The van der Waals surface area contributed by atoms with Gasteiger partial charge in [-0.15, -0.1) is 0 Å². The Balaban J connectivity index is 1.67. The first kappa shape index (κ1) is 12.0. The van der Waals surface area contributed by atoms with E-state index in [1.165, 1.54) is 0 Å². The molecule has 5 heteroatoms. The fourth-order valence-electron chi connectivity index (χ4n) is 2.39. The normalized spacial score (nSPS) is 17.7. The van der Waals surface area contributed by atoms with Crippen LogP contribution >= 0.6 is 0 Å². The van der Waals surface area contributed by atoms with Crippen LogP contribution in [-0.2, 0) is 16.0 Å². The number of amides is 1. The Morgan fingerprint density at radius 2 is 2.11 bits per heavy atom. The summed E-state index contributed by atoms with van der Waals surface area (Å²) in [5, 5.41) is 0. The van der Waals surface area contributed by atoms with Crippen LogP contribution in [0.3, 0.4) is 0 Å². The number of hydrogen-bond donors (Lipinski definition) is 0. The summed E-state index contributed by atoms with van der Waals surface area (Å²) in [5.74, 6) is 1.53. The number of Topliss-reactive ketones (excluding diaryl/α,β-unsaturated/α-hetero) is 1. The minimum Gasteiger partial charge on any atom is -0.454 e. The van der Waals surface area contributed by atoms with E-state index in [1.54, 1.807) is 4.90 Å². The number of ketones is 1. The summed E-state index contributed by atoms with van der Waals surface area (Å²) >= 11 is 0. The van der Waals surface area contributed by atoms with Crippen molar-refractivity contribution in [1.29, 1.82) is 0 Å². The van der Waals surface area contributed by atoms with Crippen LogP contribution < -0.4 is 9.47 Å². The Bertz CT molecular complexity index is 526. The van der Waals surface area contributed by atoms with Crippen molar-refractivity contribution in [3.05, 3.63) is 23.8 Å². The molecule has 5 nitrogen and oxygen atoms in total. The van der Waals surface area contributed by atoms with Crippen molar-refractivity contribution in [2.24, 2.45) is 0 Å². The SMILES string of the molecule is O=C1CCCN(C(=O)Cc2ccc3c(c2)OCO3)C1. The lowest BCUT2D eigenvalue weighted by atomic mass is 10.1. The summed E-state index contributed by atoms with van der Waals surface area (Å²) in [5.41, 5.74) is 0.882. The largest absolute Gasteiger partial charge is 0.454 e. The molecule has 0 aromatic heterocycles. The molecule has 2 heterocycles. The van der Waals surface area contributed by atoms with Gasteiger partial charge < -0.3 is 14.4 Å². The van der Waals surface area contributed by atoms with Gasteiger partial charge in [0.25, 0.3) is 0 Å². The first-order valence-corrected chi connectivity index (χ1v) is 6.40. The molecular formula is C14H15NO4. The van der Waals surface area contributed by atoms with E-state index in [0.29, 0.717) is 30.9 Å². The molecular weight excluding hydrogens is 246 g/mol. The second-order valence-electron chi connectivity index (χ2n) is 4.82. The smallest absolute Gasteiger partial charge is 0.231 e. The molecule has 2 aliphatic rings. The van der Waals surface area contributed by atoms with Gasteiger partial charge in [0.05, 0.1) is 13.0 Å².